The SMILES string of the molecule is CCCCCN[C@H]1CCC2(C)C(=CCC3C2CCC2(C)C([C@H](C)CCCC(C)C)CC[C@@H]32)C1. The minimum atomic E-state index is 0.507. The van der Waals surface area contributed by atoms with Crippen LogP contribution in [0.15, 0.2) is 11.6 Å². The summed E-state index contributed by atoms with van der Waals surface area (Å²) in [6, 6.07) is 0.745. The summed E-state index contributed by atoms with van der Waals surface area (Å²) >= 11 is 0. The molecule has 0 saturated heterocycles. The molecule has 4 aliphatic rings. The van der Waals surface area contributed by atoms with E-state index in [1.807, 2.05) is 5.57 Å². The predicted molar refractivity (Wildman–Crippen MR) is 144 cm³/mol. The fourth-order valence-electron chi connectivity index (χ4n) is 9.54. The molecular formula is C32H57N. The third-order valence-corrected chi connectivity index (χ3v) is 11.5. The van der Waals surface area contributed by atoms with Crippen molar-refractivity contribution in [2.24, 2.45) is 46.3 Å². The van der Waals surface area contributed by atoms with Crippen LogP contribution in [0.4, 0.5) is 0 Å². The van der Waals surface area contributed by atoms with Crippen molar-refractivity contribution in [1.29, 1.82) is 0 Å². The van der Waals surface area contributed by atoms with Crippen LogP contribution < -0.4 is 5.32 Å². The van der Waals surface area contributed by atoms with E-state index >= 15 is 0 Å². The van der Waals surface area contributed by atoms with Crippen molar-refractivity contribution >= 4 is 0 Å². The number of fused-ring (bicyclic) bond motifs is 5. The topological polar surface area (TPSA) is 12.0 Å². The molecule has 3 fully saturated rings. The predicted octanol–water partition coefficient (Wildman–Crippen LogP) is 9.18. The second kappa shape index (κ2) is 10.8. The first-order valence-corrected chi connectivity index (χ1v) is 15.2. The summed E-state index contributed by atoms with van der Waals surface area (Å²) in [6.07, 6.45) is 22.8. The van der Waals surface area contributed by atoms with Crippen molar-refractivity contribution in [3.63, 3.8) is 0 Å². The third-order valence-electron chi connectivity index (χ3n) is 11.5. The van der Waals surface area contributed by atoms with E-state index in [0.29, 0.717) is 10.8 Å². The van der Waals surface area contributed by atoms with Crippen molar-refractivity contribution in [3.05, 3.63) is 11.6 Å². The van der Waals surface area contributed by atoms with E-state index in [4.69, 9.17) is 0 Å². The quantitative estimate of drug-likeness (QED) is 0.256. The highest BCUT2D eigenvalue weighted by atomic mass is 14.9. The van der Waals surface area contributed by atoms with E-state index in [0.717, 1.165) is 41.5 Å². The number of nitrogens with one attached hydrogen (secondary N) is 1. The van der Waals surface area contributed by atoms with Crippen LogP contribution in [0.25, 0.3) is 0 Å². The van der Waals surface area contributed by atoms with E-state index in [-0.39, 0.29) is 0 Å². The Kier molecular flexibility index (Phi) is 8.40. The van der Waals surface area contributed by atoms with E-state index in [2.05, 4.69) is 52.9 Å². The van der Waals surface area contributed by atoms with Crippen LogP contribution in [0.5, 0.6) is 0 Å². The highest BCUT2D eigenvalue weighted by Gasteiger charge is 2.59. The Labute approximate surface area is 207 Å². The van der Waals surface area contributed by atoms with Gasteiger partial charge in [0.1, 0.15) is 0 Å². The molecule has 0 bridgehead atoms. The molecule has 4 rings (SSSR count). The molecule has 5 unspecified atom stereocenters. The van der Waals surface area contributed by atoms with Crippen LogP contribution in [-0.2, 0) is 0 Å². The van der Waals surface area contributed by atoms with Crippen LogP contribution >= 0.6 is 0 Å². The van der Waals surface area contributed by atoms with E-state index in [1.54, 1.807) is 0 Å². The van der Waals surface area contributed by atoms with Crippen LogP contribution in [0.1, 0.15) is 131 Å². The number of rotatable bonds is 10. The Hall–Kier alpha value is -0.300. The molecule has 8 atom stereocenters. The molecule has 0 aromatic carbocycles. The average Bonchev–Trinajstić information content (AvgIpc) is 3.14. The van der Waals surface area contributed by atoms with Crippen LogP contribution in [0.3, 0.4) is 0 Å². The maximum absolute atomic E-state index is 3.92. The molecule has 3 saturated carbocycles. The van der Waals surface area contributed by atoms with Gasteiger partial charge in [-0.05, 0) is 111 Å². The first kappa shape index (κ1) is 25.8. The van der Waals surface area contributed by atoms with Crippen molar-refractivity contribution < 1.29 is 0 Å². The first-order valence-electron chi connectivity index (χ1n) is 15.2. The Bertz CT molecular complexity index is 663. The standard InChI is InChI=1S/C32H57N/c1-7-8-9-21-33-26-17-19-31(5)25(22-26)13-14-27-29-16-15-28(24(4)12-10-11-23(2)3)32(29,6)20-18-30(27)31/h13,23-24,26-30,33H,7-12,14-22H2,1-6H3/t24-,26+,27?,28?,29+,30?,31?,32?/m1/s1. The molecule has 4 aliphatic carbocycles. The zero-order chi connectivity index (χ0) is 23.6. The molecule has 0 aromatic rings. The number of hydrogen-bond acceptors (Lipinski definition) is 1. The van der Waals surface area contributed by atoms with Gasteiger partial charge in [0.15, 0.2) is 0 Å². The molecule has 0 spiro atoms. The Morgan fingerprint density at radius 3 is 2.52 bits per heavy atom. The molecule has 1 nitrogen and oxygen atoms in total. The minimum Gasteiger partial charge on any atom is -0.314 e. The maximum Gasteiger partial charge on any atom is 0.0105 e. The van der Waals surface area contributed by atoms with Gasteiger partial charge in [0, 0.05) is 6.04 Å². The number of unbranched alkanes of at least 4 members (excludes halogenated alkanes) is 2. The highest BCUT2D eigenvalue weighted by Crippen LogP contribution is 2.67. The summed E-state index contributed by atoms with van der Waals surface area (Å²) in [5.41, 5.74) is 2.98. The summed E-state index contributed by atoms with van der Waals surface area (Å²) in [5, 5.41) is 3.92. The van der Waals surface area contributed by atoms with Gasteiger partial charge >= 0.3 is 0 Å². The molecule has 0 aliphatic heterocycles. The van der Waals surface area contributed by atoms with Gasteiger partial charge in [-0.3, -0.25) is 0 Å². The zero-order valence-corrected chi connectivity index (χ0v) is 23.2. The fraction of sp³-hybridized carbons (Fsp3) is 0.938. The lowest BCUT2D eigenvalue weighted by atomic mass is 9.47. The van der Waals surface area contributed by atoms with Gasteiger partial charge < -0.3 is 5.32 Å². The van der Waals surface area contributed by atoms with E-state index in [9.17, 15) is 0 Å². The van der Waals surface area contributed by atoms with Crippen molar-refractivity contribution in [3.8, 4) is 0 Å². The minimum absolute atomic E-state index is 0.507. The Balaban J connectivity index is 1.40. The van der Waals surface area contributed by atoms with Crippen molar-refractivity contribution in [1.82, 2.24) is 5.32 Å². The Morgan fingerprint density at radius 1 is 0.939 bits per heavy atom. The van der Waals surface area contributed by atoms with Crippen LogP contribution in [0.2, 0.25) is 0 Å². The van der Waals surface area contributed by atoms with Gasteiger partial charge in [-0.1, -0.05) is 85.3 Å². The smallest absolute Gasteiger partial charge is 0.0105 e. The summed E-state index contributed by atoms with van der Waals surface area (Å²) in [7, 11) is 0. The summed E-state index contributed by atoms with van der Waals surface area (Å²) in [4.78, 5) is 0. The molecule has 0 aromatic heterocycles. The third kappa shape index (κ3) is 5.15. The fourth-order valence-corrected chi connectivity index (χ4v) is 9.54. The Morgan fingerprint density at radius 2 is 1.76 bits per heavy atom. The van der Waals surface area contributed by atoms with Gasteiger partial charge in [0.05, 0.1) is 0 Å². The molecule has 0 amide bonds. The summed E-state index contributed by atoms with van der Waals surface area (Å²) in [5.74, 6) is 5.70. The average molecular weight is 456 g/mol. The highest BCUT2D eigenvalue weighted by molar-refractivity contribution is 5.26. The molecule has 0 heterocycles. The van der Waals surface area contributed by atoms with Gasteiger partial charge in [-0.2, -0.15) is 0 Å². The summed E-state index contributed by atoms with van der Waals surface area (Å²) < 4.78 is 0. The van der Waals surface area contributed by atoms with Crippen LogP contribution in [-0.4, -0.2) is 12.6 Å². The lowest BCUT2D eigenvalue weighted by Crippen LogP contribution is -2.51. The largest absolute Gasteiger partial charge is 0.314 e. The first-order chi connectivity index (χ1) is 15.8. The summed E-state index contributed by atoms with van der Waals surface area (Å²) in [6.45, 7) is 16.4. The lowest BCUT2D eigenvalue weighted by Gasteiger charge is -2.58. The molecule has 33 heavy (non-hydrogen) atoms. The van der Waals surface area contributed by atoms with Gasteiger partial charge in [0.25, 0.3) is 0 Å². The van der Waals surface area contributed by atoms with Crippen molar-refractivity contribution in [2.75, 3.05) is 6.54 Å². The normalized spacial score (nSPS) is 41.3. The molecule has 0 radical (unpaired) electrons. The molecular weight excluding hydrogens is 398 g/mol. The number of allylic oxidation sites excluding steroid dienone is 1. The zero-order valence-electron chi connectivity index (χ0n) is 23.2. The van der Waals surface area contributed by atoms with E-state index in [1.165, 1.54) is 96.4 Å². The lowest BCUT2D eigenvalue weighted by molar-refractivity contribution is -0.0514. The van der Waals surface area contributed by atoms with Crippen molar-refractivity contribution in [2.45, 2.75) is 137 Å². The number of hydrogen-bond donors (Lipinski definition) is 1. The molecule has 1 heteroatoms. The molecule has 1 N–H and O–H groups in total. The van der Waals surface area contributed by atoms with E-state index < -0.39 is 0 Å². The van der Waals surface area contributed by atoms with Gasteiger partial charge in [0.2, 0.25) is 0 Å². The maximum atomic E-state index is 3.92. The second-order valence-corrected chi connectivity index (χ2v) is 13.9. The monoisotopic (exact) mass is 455 g/mol. The molecule has 190 valence electrons. The van der Waals surface area contributed by atoms with Gasteiger partial charge in [-0.15, -0.1) is 0 Å². The van der Waals surface area contributed by atoms with Gasteiger partial charge in [-0.25, -0.2) is 0 Å². The second-order valence-electron chi connectivity index (χ2n) is 13.9. The van der Waals surface area contributed by atoms with Crippen LogP contribution in [0, 0.1) is 46.3 Å².